The van der Waals surface area contributed by atoms with E-state index in [1.807, 2.05) is 24.3 Å². The van der Waals surface area contributed by atoms with Crippen LogP contribution in [0.15, 0.2) is 47.4 Å². The number of pyridine rings is 2. The maximum absolute atomic E-state index is 5.53. The largest absolute Gasteiger partial charge is 0.332 e. The van der Waals surface area contributed by atoms with Crippen LogP contribution < -0.4 is 5.73 Å². The van der Waals surface area contributed by atoms with Gasteiger partial charge < -0.3 is 10.3 Å². The van der Waals surface area contributed by atoms with E-state index in [-0.39, 0.29) is 0 Å². The van der Waals surface area contributed by atoms with Crippen molar-refractivity contribution in [2.45, 2.75) is 13.0 Å². The van der Waals surface area contributed by atoms with E-state index in [4.69, 9.17) is 10.3 Å². The highest BCUT2D eigenvalue weighted by Gasteiger charge is 2.10. The summed E-state index contributed by atoms with van der Waals surface area (Å²) < 4.78 is 5.23. The van der Waals surface area contributed by atoms with Gasteiger partial charge in [0.05, 0.1) is 0 Å². The van der Waals surface area contributed by atoms with Crippen LogP contribution in [-0.4, -0.2) is 20.1 Å². The fourth-order valence-corrected chi connectivity index (χ4v) is 1.78. The van der Waals surface area contributed by atoms with Crippen LogP contribution in [0, 0.1) is 0 Å². The van der Waals surface area contributed by atoms with Crippen LogP contribution in [0.3, 0.4) is 0 Å². The first-order valence-electron chi connectivity index (χ1n) is 6.22. The molecule has 6 nitrogen and oxygen atoms in total. The van der Waals surface area contributed by atoms with Crippen LogP contribution in [0.25, 0.3) is 11.6 Å². The Kier molecular flexibility index (Phi) is 3.47. The van der Waals surface area contributed by atoms with Crippen molar-refractivity contribution in [2.75, 3.05) is 0 Å². The Labute approximate surface area is 115 Å². The predicted octanol–water partition coefficient (Wildman–Crippen LogP) is 1.58. The maximum Gasteiger partial charge on any atom is 0.276 e. The van der Waals surface area contributed by atoms with E-state index in [1.165, 1.54) is 0 Å². The number of rotatable bonds is 4. The number of nitrogens with two attached hydrogens (primary N) is 1. The number of nitrogens with zero attached hydrogens (tertiary/aromatic N) is 4. The Morgan fingerprint density at radius 1 is 1.05 bits per heavy atom. The first kappa shape index (κ1) is 12.4. The second-order valence-electron chi connectivity index (χ2n) is 4.30. The van der Waals surface area contributed by atoms with Gasteiger partial charge in [-0.2, -0.15) is 4.98 Å². The summed E-state index contributed by atoms with van der Waals surface area (Å²) in [5, 5.41) is 3.96. The zero-order valence-corrected chi connectivity index (χ0v) is 10.7. The molecular weight excluding hydrogens is 254 g/mol. The van der Waals surface area contributed by atoms with Gasteiger partial charge in [-0.1, -0.05) is 11.2 Å². The molecule has 0 unspecified atom stereocenters. The second kappa shape index (κ2) is 5.58. The third kappa shape index (κ3) is 2.70. The highest BCUT2D eigenvalue weighted by molar-refractivity contribution is 5.46. The third-order valence-corrected chi connectivity index (χ3v) is 2.86. The molecule has 0 amide bonds. The molecule has 2 N–H and O–H groups in total. The van der Waals surface area contributed by atoms with Crippen molar-refractivity contribution in [3.63, 3.8) is 0 Å². The zero-order valence-electron chi connectivity index (χ0n) is 10.7. The second-order valence-corrected chi connectivity index (χ2v) is 4.30. The minimum Gasteiger partial charge on any atom is -0.332 e. The number of hydrogen-bond donors (Lipinski definition) is 1. The lowest BCUT2D eigenvalue weighted by atomic mass is 10.2. The van der Waals surface area contributed by atoms with Crippen molar-refractivity contribution in [3.8, 4) is 11.6 Å². The molecule has 0 aliphatic rings. The number of hydrogen-bond acceptors (Lipinski definition) is 6. The van der Waals surface area contributed by atoms with Gasteiger partial charge >= 0.3 is 0 Å². The molecule has 0 saturated carbocycles. The maximum atomic E-state index is 5.53. The molecule has 0 saturated heterocycles. The van der Waals surface area contributed by atoms with E-state index in [2.05, 4.69) is 20.1 Å². The molecule has 0 fully saturated rings. The lowest BCUT2D eigenvalue weighted by molar-refractivity contribution is 0.422. The highest BCUT2D eigenvalue weighted by atomic mass is 16.5. The van der Waals surface area contributed by atoms with Gasteiger partial charge in [-0.25, -0.2) is 0 Å². The normalized spacial score (nSPS) is 10.7. The van der Waals surface area contributed by atoms with E-state index >= 15 is 0 Å². The number of aromatic nitrogens is 4. The summed E-state index contributed by atoms with van der Waals surface area (Å²) >= 11 is 0. The first-order valence-corrected chi connectivity index (χ1v) is 6.22. The Balaban J connectivity index is 1.79. The summed E-state index contributed by atoms with van der Waals surface area (Å²) in [5.41, 5.74) is 8.23. The van der Waals surface area contributed by atoms with Crippen LogP contribution in [0.2, 0.25) is 0 Å². The van der Waals surface area contributed by atoms with E-state index in [0.717, 1.165) is 11.1 Å². The van der Waals surface area contributed by atoms with Crippen LogP contribution >= 0.6 is 0 Å². The van der Waals surface area contributed by atoms with Gasteiger partial charge in [-0.05, 0) is 29.3 Å². The Morgan fingerprint density at radius 3 is 2.60 bits per heavy atom. The van der Waals surface area contributed by atoms with Gasteiger partial charge in [-0.3, -0.25) is 9.97 Å². The molecule has 0 bridgehead atoms. The van der Waals surface area contributed by atoms with Crippen molar-refractivity contribution in [3.05, 3.63) is 59.8 Å². The zero-order chi connectivity index (χ0) is 13.8. The molecule has 100 valence electrons. The molecular formula is C14H13N5O. The summed E-state index contributed by atoms with van der Waals surface area (Å²) in [5.74, 6) is 1.04. The molecule has 0 atom stereocenters. The average Bonchev–Trinajstić information content (AvgIpc) is 2.97. The lowest BCUT2D eigenvalue weighted by Gasteiger charge is -1.96. The highest BCUT2D eigenvalue weighted by Crippen LogP contribution is 2.15. The third-order valence-electron chi connectivity index (χ3n) is 2.86. The van der Waals surface area contributed by atoms with Gasteiger partial charge in [0, 0.05) is 31.6 Å². The Hall–Kier alpha value is -2.60. The van der Waals surface area contributed by atoms with Crippen molar-refractivity contribution in [1.29, 1.82) is 0 Å². The molecule has 3 rings (SSSR count). The van der Waals surface area contributed by atoms with Crippen molar-refractivity contribution < 1.29 is 4.52 Å². The minimum atomic E-state index is 0.414. The lowest BCUT2D eigenvalue weighted by Crippen LogP contribution is -1.97. The van der Waals surface area contributed by atoms with Crippen LogP contribution in [0.4, 0.5) is 0 Å². The van der Waals surface area contributed by atoms with Gasteiger partial charge in [0.1, 0.15) is 5.69 Å². The Morgan fingerprint density at radius 2 is 1.90 bits per heavy atom. The summed E-state index contributed by atoms with van der Waals surface area (Å²) in [6, 6.07) is 7.57. The van der Waals surface area contributed by atoms with E-state index < -0.39 is 0 Å². The molecule has 3 aromatic rings. The first-order chi connectivity index (χ1) is 9.85. The molecule has 0 spiro atoms. The van der Waals surface area contributed by atoms with E-state index in [1.54, 1.807) is 18.6 Å². The monoisotopic (exact) mass is 267 g/mol. The fraction of sp³-hybridized carbons (Fsp3) is 0.143. The summed E-state index contributed by atoms with van der Waals surface area (Å²) in [6.45, 7) is 0.463. The Bertz CT molecular complexity index is 678. The smallest absolute Gasteiger partial charge is 0.276 e. The summed E-state index contributed by atoms with van der Waals surface area (Å²) in [4.78, 5) is 12.6. The standard InChI is InChI=1S/C14H13N5O/c15-8-11-1-2-12(17-9-11)14-18-13(19-20-14)7-10-3-5-16-6-4-10/h1-6,9H,7-8,15H2. The molecule has 0 aliphatic heterocycles. The van der Waals surface area contributed by atoms with E-state index in [9.17, 15) is 0 Å². The molecule has 20 heavy (non-hydrogen) atoms. The summed E-state index contributed by atoms with van der Waals surface area (Å²) in [6.07, 6.45) is 5.79. The van der Waals surface area contributed by atoms with Gasteiger partial charge in [-0.15, -0.1) is 0 Å². The molecule has 0 aliphatic carbocycles. The molecule has 0 aromatic carbocycles. The topological polar surface area (TPSA) is 90.7 Å². The molecule has 0 radical (unpaired) electrons. The minimum absolute atomic E-state index is 0.414. The van der Waals surface area contributed by atoms with Crippen LogP contribution in [0.5, 0.6) is 0 Å². The van der Waals surface area contributed by atoms with Crippen LogP contribution in [0.1, 0.15) is 17.0 Å². The predicted molar refractivity (Wildman–Crippen MR) is 72.5 cm³/mol. The van der Waals surface area contributed by atoms with Gasteiger partial charge in [0.25, 0.3) is 5.89 Å². The summed E-state index contributed by atoms with van der Waals surface area (Å²) in [7, 11) is 0. The van der Waals surface area contributed by atoms with Crippen molar-refractivity contribution in [2.24, 2.45) is 5.73 Å². The molecule has 3 aromatic heterocycles. The SMILES string of the molecule is NCc1ccc(-c2nc(Cc3ccncc3)no2)nc1. The molecule has 3 heterocycles. The average molecular weight is 267 g/mol. The quantitative estimate of drug-likeness (QED) is 0.771. The van der Waals surface area contributed by atoms with Gasteiger partial charge in [0.2, 0.25) is 0 Å². The van der Waals surface area contributed by atoms with Crippen molar-refractivity contribution in [1.82, 2.24) is 20.1 Å². The molecule has 6 heteroatoms. The van der Waals surface area contributed by atoms with Gasteiger partial charge in [0.15, 0.2) is 5.82 Å². The fourth-order valence-electron chi connectivity index (χ4n) is 1.78. The van der Waals surface area contributed by atoms with Crippen LogP contribution in [-0.2, 0) is 13.0 Å². The van der Waals surface area contributed by atoms with E-state index in [0.29, 0.717) is 30.4 Å². The van der Waals surface area contributed by atoms with Crippen molar-refractivity contribution >= 4 is 0 Å².